The predicted octanol–water partition coefficient (Wildman–Crippen LogP) is 3.99. The standard InChI is InChI=1S/C33H39IN4O5/c1-33(2,36-4)17-16-27(32(42)43)38(21-39)29(20-23-10-13-24-8-6-7-9-25(24)18-23)31(41)37(5)28(30(40)35-3)19-22-11-14-26(34)15-12-22/h6-16,18,21,28-29,36H,17,19-20H2,1-5H3,(H,35,40)(H,42,43)/t28-,29-/m1/s1. The van der Waals surface area contributed by atoms with Crippen molar-refractivity contribution in [3.8, 4) is 0 Å². The predicted molar refractivity (Wildman–Crippen MR) is 176 cm³/mol. The number of hydrogen-bond acceptors (Lipinski definition) is 5. The largest absolute Gasteiger partial charge is 0.477 e. The fourth-order valence-corrected chi connectivity index (χ4v) is 5.11. The van der Waals surface area contributed by atoms with E-state index in [1.165, 1.54) is 25.1 Å². The van der Waals surface area contributed by atoms with E-state index >= 15 is 0 Å². The molecule has 43 heavy (non-hydrogen) atoms. The molecular weight excluding hydrogens is 659 g/mol. The van der Waals surface area contributed by atoms with Crippen LogP contribution in [0.5, 0.6) is 0 Å². The Bertz CT molecular complexity index is 1490. The van der Waals surface area contributed by atoms with Crippen molar-refractivity contribution in [2.45, 2.75) is 50.7 Å². The highest BCUT2D eigenvalue weighted by atomic mass is 127. The molecule has 3 rings (SSSR count). The Balaban J connectivity index is 2.08. The van der Waals surface area contributed by atoms with E-state index in [1.807, 2.05) is 80.6 Å². The van der Waals surface area contributed by atoms with Gasteiger partial charge in [0.25, 0.3) is 0 Å². The summed E-state index contributed by atoms with van der Waals surface area (Å²) in [5.74, 6) is -2.26. The van der Waals surface area contributed by atoms with Gasteiger partial charge in [-0.1, -0.05) is 60.7 Å². The zero-order valence-corrected chi connectivity index (χ0v) is 27.3. The number of rotatable bonds is 14. The van der Waals surface area contributed by atoms with Crippen molar-refractivity contribution >= 4 is 57.6 Å². The quantitative estimate of drug-likeness (QED) is 0.133. The van der Waals surface area contributed by atoms with Crippen LogP contribution in [0, 0.1) is 3.57 Å². The van der Waals surface area contributed by atoms with Gasteiger partial charge in [0.1, 0.15) is 17.8 Å². The van der Waals surface area contributed by atoms with Gasteiger partial charge in [-0.15, -0.1) is 0 Å². The fourth-order valence-electron chi connectivity index (χ4n) is 4.75. The van der Waals surface area contributed by atoms with Crippen LogP contribution in [0.15, 0.2) is 78.5 Å². The van der Waals surface area contributed by atoms with Gasteiger partial charge >= 0.3 is 5.97 Å². The van der Waals surface area contributed by atoms with Crippen molar-refractivity contribution in [1.82, 2.24) is 20.4 Å². The van der Waals surface area contributed by atoms with Crippen molar-refractivity contribution in [2.75, 3.05) is 21.1 Å². The van der Waals surface area contributed by atoms with Crippen LogP contribution < -0.4 is 10.6 Å². The number of carbonyl (C=O) groups is 4. The molecule has 9 nitrogen and oxygen atoms in total. The van der Waals surface area contributed by atoms with Crippen LogP contribution in [-0.4, -0.2) is 77.9 Å². The molecular formula is C33H39IN4O5. The van der Waals surface area contributed by atoms with Gasteiger partial charge in [0, 0.05) is 36.0 Å². The summed E-state index contributed by atoms with van der Waals surface area (Å²) in [6, 6.07) is 19.0. The van der Waals surface area contributed by atoms with Crippen molar-refractivity contribution in [1.29, 1.82) is 0 Å². The minimum atomic E-state index is -1.33. The van der Waals surface area contributed by atoms with E-state index in [0.29, 0.717) is 6.41 Å². The minimum absolute atomic E-state index is 0.0385. The number of likely N-dealkylation sites (N-methyl/N-ethyl adjacent to an activating group) is 2. The van der Waals surface area contributed by atoms with Crippen molar-refractivity contribution < 1.29 is 24.3 Å². The summed E-state index contributed by atoms with van der Waals surface area (Å²) < 4.78 is 1.04. The van der Waals surface area contributed by atoms with E-state index < -0.39 is 29.5 Å². The lowest BCUT2D eigenvalue weighted by molar-refractivity contribution is -0.146. The summed E-state index contributed by atoms with van der Waals surface area (Å²) >= 11 is 2.20. The van der Waals surface area contributed by atoms with Crippen LogP contribution >= 0.6 is 22.6 Å². The van der Waals surface area contributed by atoms with Crippen LogP contribution in [0.3, 0.4) is 0 Å². The lowest BCUT2D eigenvalue weighted by Gasteiger charge is -2.35. The van der Waals surface area contributed by atoms with Crippen molar-refractivity contribution in [3.63, 3.8) is 0 Å². The first-order valence-corrected chi connectivity index (χ1v) is 15.0. The Labute approximate surface area is 266 Å². The molecule has 3 N–H and O–H groups in total. The molecule has 0 bridgehead atoms. The number of aliphatic carboxylic acids is 1. The average Bonchev–Trinajstić information content (AvgIpc) is 3.00. The van der Waals surface area contributed by atoms with Gasteiger partial charge in [0.15, 0.2) is 0 Å². The van der Waals surface area contributed by atoms with E-state index in [9.17, 15) is 24.3 Å². The van der Waals surface area contributed by atoms with E-state index in [0.717, 1.165) is 30.4 Å². The molecule has 2 atom stereocenters. The molecule has 0 aliphatic carbocycles. The maximum absolute atomic E-state index is 14.3. The van der Waals surface area contributed by atoms with Gasteiger partial charge in [-0.3, -0.25) is 19.3 Å². The third-order valence-corrected chi connectivity index (χ3v) is 8.38. The molecule has 0 aliphatic rings. The van der Waals surface area contributed by atoms with Crippen LogP contribution in [0.25, 0.3) is 10.8 Å². The molecule has 3 aromatic rings. The maximum Gasteiger partial charge on any atom is 0.352 e. The summed E-state index contributed by atoms with van der Waals surface area (Å²) in [5.41, 5.74) is 0.834. The van der Waals surface area contributed by atoms with Crippen molar-refractivity contribution in [3.05, 3.63) is 93.2 Å². The van der Waals surface area contributed by atoms with Gasteiger partial charge < -0.3 is 20.6 Å². The SMILES string of the molecule is CNC(=O)[C@@H](Cc1ccc(I)cc1)N(C)C(=O)[C@@H](Cc1ccc2ccccc2c1)N(C=O)C(=CCC(C)(C)NC)C(=O)O. The first kappa shape index (κ1) is 33.7. The van der Waals surface area contributed by atoms with Gasteiger partial charge in [-0.25, -0.2) is 4.79 Å². The fraction of sp³-hybridized carbons (Fsp3) is 0.333. The Morgan fingerprint density at radius 3 is 2.12 bits per heavy atom. The second kappa shape index (κ2) is 15.1. The normalized spacial score (nSPS) is 13.2. The Hall–Kier alpha value is -3.77. The number of nitrogens with one attached hydrogen (secondary N) is 2. The van der Waals surface area contributed by atoms with Gasteiger partial charge in [0.05, 0.1) is 0 Å². The van der Waals surface area contributed by atoms with E-state index in [4.69, 9.17) is 0 Å². The van der Waals surface area contributed by atoms with Gasteiger partial charge in [0.2, 0.25) is 18.2 Å². The second-order valence-electron chi connectivity index (χ2n) is 11.1. The lowest BCUT2D eigenvalue weighted by atomic mass is 9.97. The van der Waals surface area contributed by atoms with Crippen LogP contribution in [0.1, 0.15) is 31.4 Å². The molecule has 0 fully saturated rings. The number of benzene rings is 3. The molecule has 228 valence electrons. The van der Waals surface area contributed by atoms with E-state index in [2.05, 4.69) is 33.2 Å². The molecule has 10 heteroatoms. The van der Waals surface area contributed by atoms with Crippen LogP contribution in [0.2, 0.25) is 0 Å². The molecule has 0 aliphatic heterocycles. The van der Waals surface area contributed by atoms with Crippen LogP contribution in [0.4, 0.5) is 0 Å². The first-order chi connectivity index (χ1) is 20.4. The van der Waals surface area contributed by atoms with Gasteiger partial charge in [-0.2, -0.15) is 0 Å². The van der Waals surface area contributed by atoms with E-state index in [1.54, 1.807) is 7.05 Å². The molecule has 0 heterocycles. The summed E-state index contributed by atoms with van der Waals surface area (Å²) in [6.45, 7) is 3.80. The highest BCUT2D eigenvalue weighted by molar-refractivity contribution is 14.1. The molecule has 0 unspecified atom stereocenters. The molecule has 0 aromatic heterocycles. The van der Waals surface area contributed by atoms with Gasteiger partial charge in [-0.05, 0) is 83.9 Å². The number of hydrogen-bond donors (Lipinski definition) is 3. The first-order valence-electron chi connectivity index (χ1n) is 14.0. The number of carboxylic acid groups (broad SMARTS) is 1. The third kappa shape index (κ3) is 8.87. The van der Waals surface area contributed by atoms with Crippen molar-refractivity contribution in [2.24, 2.45) is 0 Å². The smallest absolute Gasteiger partial charge is 0.352 e. The molecule has 0 saturated carbocycles. The second-order valence-corrected chi connectivity index (χ2v) is 12.3. The summed E-state index contributed by atoms with van der Waals surface area (Å²) in [7, 11) is 4.78. The maximum atomic E-state index is 14.3. The average molecular weight is 699 g/mol. The highest BCUT2D eigenvalue weighted by Gasteiger charge is 2.37. The van der Waals surface area contributed by atoms with Crippen LogP contribution in [-0.2, 0) is 32.0 Å². The molecule has 3 aromatic carbocycles. The number of nitrogens with zero attached hydrogens (tertiary/aromatic N) is 2. The number of carbonyl (C=O) groups excluding carboxylic acids is 3. The number of halogens is 1. The summed E-state index contributed by atoms with van der Waals surface area (Å²) in [4.78, 5) is 54.9. The number of amides is 3. The summed E-state index contributed by atoms with van der Waals surface area (Å²) in [5, 5.41) is 17.9. The molecule has 0 spiro atoms. The van der Waals surface area contributed by atoms with E-state index in [-0.39, 0.29) is 30.9 Å². The Kier molecular flexibility index (Phi) is 11.8. The number of fused-ring (bicyclic) bond motifs is 1. The zero-order valence-electron chi connectivity index (χ0n) is 25.1. The molecule has 3 amide bonds. The minimum Gasteiger partial charge on any atom is -0.477 e. The Morgan fingerprint density at radius 1 is 0.930 bits per heavy atom. The monoisotopic (exact) mass is 698 g/mol. The molecule has 0 saturated heterocycles. The zero-order chi connectivity index (χ0) is 31.7. The lowest BCUT2D eigenvalue weighted by Crippen LogP contribution is -2.55. The third-order valence-electron chi connectivity index (χ3n) is 7.66. The Morgan fingerprint density at radius 2 is 1.53 bits per heavy atom. The summed E-state index contributed by atoms with van der Waals surface area (Å²) in [6.07, 6.45) is 2.40. The molecule has 0 radical (unpaired) electrons. The number of carboxylic acids is 1. The highest BCUT2D eigenvalue weighted by Crippen LogP contribution is 2.23. The topological polar surface area (TPSA) is 119 Å².